The molecule has 0 bridgehead atoms. The molecular formula is C27H22NPS. The number of thiocarbonyl (C=S) groups is 1. The van der Waals surface area contributed by atoms with E-state index in [4.69, 9.17) is 12.2 Å². The first-order valence-electron chi connectivity index (χ1n) is 9.84. The lowest BCUT2D eigenvalue weighted by molar-refractivity contribution is 1.63. The number of hydrogen-bond acceptors (Lipinski definition) is 1. The van der Waals surface area contributed by atoms with Gasteiger partial charge < -0.3 is 0 Å². The standard InChI is InChI=1S/C27H22NPS/c30-27(23-13-5-1-6-14-23)28-21-22-29(24-15-7-2-8-16-24,25-17-9-3-10-18-25)26-19-11-4-12-20-26/h1-22H. The van der Waals surface area contributed by atoms with Crippen molar-refractivity contribution in [2.24, 2.45) is 4.99 Å². The van der Waals surface area contributed by atoms with Gasteiger partial charge in [0.2, 0.25) is 0 Å². The second kappa shape index (κ2) is 9.63. The van der Waals surface area contributed by atoms with Gasteiger partial charge in [0.15, 0.2) is 0 Å². The zero-order chi connectivity index (χ0) is 20.7. The number of benzene rings is 4. The van der Waals surface area contributed by atoms with E-state index in [0.717, 1.165) is 5.56 Å². The van der Waals surface area contributed by atoms with Crippen molar-refractivity contribution in [3.63, 3.8) is 0 Å². The monoisotopic (exact) mass is 423 g/mol. The van der Waals surface area contributed by atoms with Crippen LogP contribution >= 0.6 is 19.1 Å². The van der Waals surface area contributed by atoms with Crippen LogP contribution in [0.1, 0.15) is 5.56 Å². The highest BCUT2D eigenvalue weighted by atomic mass is 32.1. The van der Waals surface area contributed by atoms with E-state index in [2.05, 4.69) is 102 Å². The van der Waals surface area contributed by atoms with Crippen molar-refractivity contribution in [1.82, 2.24) is 0 Å². The highest BCUT2D eigenvalue weighted by Crippen LogP contribution is 2.43. The molecule has 0 atom stereocenters. The Morgan fingerprint density at radius 3 is 1.33 bits per heavy atom. The third kappa shape index (κ3) is 4.26. The van der Waals surface area contributed by atoms with E-state index < -0.39 is 6.89 Å². The summed E-state index contributed by atoms with van der Waals surface area (Å²) >= 11 is 5.55. The average Bonchev–Trinajstić information content (AvgIpc) is 2.84. The Balaban J connectivity index is 1.92. The Morgan fingerprint density at radius 2 is 0.933 bits per heavy atom. The predicted molar refractivity (Wildman–Crippen MR) is 138 cm³/mol. The smallest absolute Gasteiger partial charge is 0.133 e. The summed E-state index contributed by atoms with van der Waals surface area (Å²) in [7, 11) is 0. The van der Waals surface area contributed by atoms with Crippen LogP contribution < -0.4 is 15.9 Å². The molecule has 0 amide bonds. The predicted octanol–water partition coefficient (Wildman–Crippen LogP) is 5.23. The molecule has 0 aliphatic rings. The van der Waals surface area contributed by atoms with Crippen LogP contribution in [-0.4, -0.2) is 17.0 Å². The molecule has 0 spiro atoms. The molecule has 0 aliphatic heterocycles. The summed E-state index contributed by atoms with van der Waals surface area (Å²) in [4.78, 5) is 5.23. The molecule has 1 nitrogen and oxygen atoms in total. The lowest BCUT2D eigenvalue weighted by atomic mass is 10.2. The topological polar surface area (TPSA) is 12.4 Å². The van der Waals surface area contributed by atoms with Crippen molar-refractivity contribution in [1.29, 1.82) is 0 Å². The lowest BCUT2D eigenvalue weighted by Gasteiger charge is -2.28. The van der Waals surface area contributed by atoms with E-state index in [1.807, 2.05) is 36.5 Å². The zero-order valence-corrected chi connectivity index (χ0v) is 18.2. The van der Waals surface area contributed by atoms with Crippen molar-refractivity contribution in [3.8, 4) is 0 Å². The van der Waals surface area contributed by atoms with E-state index in [1.54, 1.807) is 0 Å². The minimum Gasteiger partial charge on any atom is -0.244 e. The van der Waals surface area contributed by atoms with Gasteiger partial charge in [0.05, 0.1) is 0 Å². The Morgan fingerprint density at radius 1 is 0.567 bits per heavy atom. The van der Waals surface area contributed by atoms with Gasteiger partial charge in [-0.3, -0.25) is 0 Å². The van der Waals surface area contributed by atoms with E-state index in [1.165, 1.54) is 15.9 Å². The highest BCUT2D eigenvalue weighted by molar-refractivity contribution is 7.95. The summed E-state index contributed by atoms with van der Waals surface area (Å²) in [6, 6.07) is 42.1. The molecule has 0 aromatic heterocycles. The van der Waals surface area contributed by atoms with Crippen LogP contribution in [0.15, 0.2) is 126 Å². The van der Waals surface area contributed by atoms with Gasteiger partial charge in [-0.25, -0.2) is 4.99 Å². The molecule has 146 valence electrons. The van der Waals surface area contributed by atoms with Crippen LogP contribution in [-0.2, 0) is 0 Å². The van der Waals surface area contributed by atoms with E-state index in [-0.39, 0.29) is 0 Å². The normalized spacial score (nSPS) is 11.3. The van der Waals surface area contributed by atoms with Crippen LogP contribution in [0, 0.1) is 0 Å². The van der Waals surface area contributed by atoms with Gasteiger partial charge in [-0.2, -0.15) is 0 Å². The third-order valence-corrected chi connectivity index (χ3v) is 9.25. The van der Waals surface area contributed by atoms with Crippen molar-refractivity contribution < 1.29 is 0 Å². The molecule has 3 heteroatoms. The molecule has 4 rings (SSSR count). The number of hydrogen-bond donors (Lipinski definition) is 0. The first kappa shape index (κ1) is 20.2. The fourth-order valence-electron chi connectivity index (χ4n) is 3.55. The van der Waals surface area contributed by atoms with Crippen molar-refractivity contribution >= 4 is 52.0 Å². The van der Waals surface area contributed by atoms with E-state index in [0.29, 0.717) is 4.99 Å². The minimum absolute atomic E-state index is 0.596. The second-order valence-electron chi connectivity index (χ2n) is 6.83. The molecule has 0 N–H and O–H groups in total. The van der Waals surface area contributed by atoms with Gasteiger partial charge in [0, 0.05) is 11.8 Å². The van der Waals surface area contributed by atoms with Crippen LogP contribution in [0.5, 0.6) is 0 Å². The summed E-state index contributed by atoms with van der Waals surface area (Å²) in [5.41, 5.74) is 0.959. The molecule has 0 radical (unpaired) electrons. The summed E-state index contributed by atoms with van der Waals surface area (Å²) in [5, 5.41) is 3.87. The van der Waals surface area contributed by atoms with Crippen LogP contribution in [0.3, 0.4) is 0 Å². The van der Waals surface area contributed by atoms with Gasteiger partial charge in [-0.05, 0) is 28.6 Å². The molecule has 4 aromatic carbocycles. The summed E-state index contributed by atoms with van der Waals surface area (Å²) in [6.07, 6.45) is 1.90. The van der Waals surface area contributed by atoms with E-state index in [9.17, 15) is 0 Å². The molecule has 0 unspecified atom stereocenters. The Kier molecular flexibility index (Phi) is 6.49. The van der Waals surface area contributed by atoms with Crippen molar-refractivity contribution in [2.45, 2.75) is 0 Å². The zero-order valence-electron chi connectivity index (χ0n) is 16.5. The summed E-state index contributed by atoms with van der Waals surface area (Å²) in [6.45, 7) is -2.03. The Bertz CT molecular complexity index is 1080. The maximum absolute atomic E-state index is 5.55. The number of nitrogens with zero attached hydrogens (tertiary/aromatic N) is 1. The first-order chi connectivity index (χ1) is 14.8. The lowest BCUT2D eigenvalue weighted by Crippen LogP contribution is -2.27. The maximum atomic E-state index is 5.55. The van der Waals surface area contributed by atoms with Crippen LogP contribution in [0.2, 0.25) is 0 Å². The Labute approximate surface area is 183 Å². The molecule has 0 heterocycles. The van der Waals surface area contributed by atoms with Crippen molar-refractivity contribution in [3.05, 3.63) is 127 Å². The maximum Gasteiger partial charge on any atom is 0.133 e. The van der Waals surface area contributed by atoms with Crippen LogP contribution in [0.25, 0.3) is 0 Å². The molecule has 4 aromatic rings. The number of rotatable bonds is 5. The SMILES string of the molecule is S=C(N=CC=P(c1ccccc1)(c1ccccc1)c1ccccc1)c1ccccc1. The fraction of sp³-hybridized carbons (Fsp3) is 0. The summed E-state index contributed by atoms with van der Waals surface area (Å²) in [5.74, 6) is 2.27. The molecule has 30 heavy (non-hydrogen) atoms. The van der Waals surface area contributed by atoms with Gasteiger partial charge in [0.1, 0.15) is 4.99 Å². The van der Waals surface area contributed by atoms with Gasteiger partial charge in [-0.1, -0.05) is 134 Å². The molecule has 0 saturated heterocycles. The van der Waals surface area contributed by atoms with Gasteiger partial charge in [0.25, 0.3) is 0 Å². The molecule has 0 saturated carbocycles. The Hall–Kier alpha value is -3.06. The first-order valence-corrected chi connectivity index (χ1v) is 12.1. The fourth-order valence-corrected chi connectivity index (χ4v) is 7.35. The summed E-state index contributed by atoms with van der Waals surface area (Å²) < 4.78 is 0. The number of aliphatic imine (C=N–C) groups is 1. The third-order valence-electron chi connectivity index (χ3n) is 4.99. The van der Waals surface area contributed by atoms with Gasteiger partial charge >= 0.3 is 0 Å². The second-order valence-corrected chi connectivity index (χ2v) is 10.5. The quantitative estimate of drug-likeness (QED) is 0.243. The van der Waals surface area contributed by atoms with E-state index >= 15 is 0 Å². The highest BCUT2D eigenvalue weighted by Gasteiger charge is 2.24. The molecule has 0 aliphatic carbocycles. The molecular weight excluding hydrogens is 401 g/mol. The van der Waals surface area contributed by atoms with Crippen LogP contribution in [0.4, 0.5) is 0 Å². The van der Waals surface area contributed by atoms with Gasteiger partial charge in [-0.15, -0.1) is 0 Å². The average molecular weight is 424 g/mol. The minimum atomic E-state index is -2.03. The molecule has 0 fully saturated rings. The van der Waals surface area contributed by atoms with Crippen molar-refractivity contribution in [2.75, 3.05) is 0 Å². The largest absolute Gasteiger partial charge is 0.244 e.